The number of carboxylic acids is 1. The molecule has 1 N–H and O–H groups in total. The second-order valence-electron chi connectivity index (χ2n) is 6.49. The summed E-state index contributed by atoms with van der Waals surface area (Å²) < 4.78 is 44.3. The first-order chi connectivity index (χ1) is 12.7. The van der Waals surface area contributed by atoms with Crippen molar-refractivity contribution in [1.82, 2.24) is 4.98 Å². The van der Waals surface area contributed by atoms with Gasteiger partial charge in [-0.3, -0.25) is 0 Å². The molecule has 8 heteroatoms. The third-order valence-corrected chi connectivity index (χ3v) is 4.78. The zero-order valence-corrected chi connectivity index (χ0v) is 14.3. The molecule has 5 nitrogen and oxygen atoms in total. The maximum absolute atomic E-state index is 12.9. The first kappa shape index (κ1) is 17.4. The highest BCUT2D eigenvalue weighted by atomic mass is 19.4. The lowest BCUT2D eigenvalue weighted by molar-refractivity contribution is -0.141. The SMILES string of the molecule is Cc1oc2ccc(N3CCc4ccc(C(F)(F)F)nc4C3)cc2c1C(=O)O. The normalized spacial score (nSPS) is 14.4. The van der Waals surface area contributed by atoms with Gasteiger partial charge < -0.3 is 14.4 Å². The van der Waals surface area contributed by atoms with E-state index in [-0.39, 0.29) is 12.1 Å². The fourth-order valence-corrected chi connectivity index (χ4v) is 3.46. The Labute approximate surface area is 152 Å². The highest BCUT2D eigenvalue weighted by Gasteiger charge is 2.33. The molecule has 0 saturated heterocycles. The number of aryl methyl sites for hydroxylation is 1. The van der Waals surface area contributed by atoms with Crippen LogP contribution in [0.4, 0.5) is 18.9 Å². The number of anilines is 1. The molecule has 1 aliphatic rings. The van der Waals surface area contributed by atoms with Gasteiger partial charge in [-0.2, -0.15) is 13.2 Å². The molecule has 1 aliphatic heterocycles. The Balaban J connectivity index is 1.71. The number of aromatic carboxylic acids is 1. The molecular formula is C19H15F3N2O3. The van der Waals surface area contributed by atoms with E-state index in [1.165, 1.54) is 6.07 Å². The number of rotatable bonds is 2. The summed E-state index contributed by atoms with van der Waals surface area (Å²) in [7, 11) is 0. The van der Waals surface area contributed by atoms with E-state index in [0.717, 1.165) is 17.3 Å². The number of hydrogen-bond donors (Lipinski definition) is 1. The van der Waals surface area contributed by atoms with E-state index >= 15 is 0 Å². The molecule has 1 aromatic carbocycles. The summed E-state index contributed by atoms with van der Waals surface area (Å²) in [5, 5.41) is 9.87. The van der Waals surface area contributed by atoms with Crippen molar-refractivity contribution in [3.63, 3.8) is 0 Å². The van der Waals surface area contributed by atoms with Crippen LogP contribution in [-0.4, -0.2) is 22.6 Å². The average molecular weight is 376 g/mol. The van der Waals surface area contributed by atoms with Crippen molar-refractivity contribution < 1.29 is 27.5 Å². The molecule has 0 spiro atoms. The van der Waals surface area contributed by atoms with Crippen LogP contribution >= 0.6 is 0 Å². The zero-order valence-electron chi connectivity index (χ0n) is 14.3. The largest absolute Gasteiger partial charge is 0.478 e. The average Bonchev–Trinajstić information content (AvgIpc) is 2.95. The number of halogens is 3. The summed E-state index contributed by atoms with van der Waals surface area (Å²) in [5.74, 6) is -0.765. The lowest BCUT2D eigenvalue weighted by Crippen LogP contribution is -2.31. The molecule has 0 saturated carbocycles. The Kier molecular flexibility index (Phi) is 3.87. The van der Waals surface area contributed by atoms with Gasteiger partial charge in [-0.05, 0) is 43.2 Å². The van der Waals surface area contributed by atoms with Crippen molar-refractivity contribution >= 4 is 22.6 Å². The van der Waals surface area contributed by atoms with Gasteiger partial charge in [-0.15, -0.1) is 0 Å². The summed E-state index contributed by atoms with van der Waals surface area (Å²) in [6, 6.07) is 7.64. The topological polar surface area (TPSA) is 66.6 Å². The zero-order chi connectivity index (χ0) is 19.3. The van der Waals surface area contributed by atoms with E-state index in [1.807, 2.05) is 4.90 Å². The van der Waals surface area contributed by atoms with E-state index in [0.29, 0.717) is 35.4 Å². The molecule has 140 valence electrons. The van der Waals surface area contributed by atoms with Crippen LogP contribution in [0.2, 0.25) is 0 Å². The lowest BCUT2D eigenvalue weighted by atomic mass is 10.0. The number of aromatic nitrogens is 1. The van der Waals surface area contributed by atoms with Crippen LogP contribution in [0.15, 0.2) is 34.7 Å². The summed E-state index contributed by atoms with van der Waals surface area (Å²) in [5.41, 5.74) is 1.56. The smallest absolute Gasteiger partial charge is 0.433 e. The molecule has 0 aliphatic carbocycles. The molecule has 0 atom stereocenters. The fraction of sp³-hybridized carbons (Fsp3) is 0.263. The van der Waals surface area contributed by atoms with Crippen LogP contribution < -0.4 is 4.90 Å². The van der Waals surface area contributed by atoms with Crippen molar-refractivity contribution in [3.05, 3.63) is 58.6 Å². The molecule has 3 heterocycles. The second-order valence-corrected chi connectivity index (χ2v) is 6.49. The van der Waals surface area contributed by atoms with E-state index in [4.69, 9.17) is 4.42 Å². The summed E-state index contributed by atoms with van der Waals surface area (Å²) in [6.45, 7) is 2.41. The molecular weight excluding hydrogens is 361 g/mol. The molecule has 0 amide bonds. The maximum Gasteiger partial charge on any atom is 0.433 e. The van der Waals surface area contributed by atoms with Gasteiger partial charge in [0.05, 0.1) is 12.2 Å². The van der Waals surface area contributed by atoms with Crippen LogP contribution in [0.1, 0.15) is 33.1 Å². The number of carbonyl (C=O) groups is 1. The number of benzene rings is 1. The summed E-state index contributed by atoms with van der Waals surface area (Å²) in [4.78, 5) is 17.2. The van der Waals surface area contributed by atoms with Crippen LogP contribution in [-0.2, 0) is 19.1 Å². The number of fused-ring (bicyclic) bond motifs is 2. The lowest BCUT2D eigenvalue weighted by Gasteiger charge is -2.30. The molecule has 0 fully saturated rings. The van der Waals surface area contributed by atoms with Crippen LogP contribution in [0.5, 0.6) is 0 Å². The van der Waals surface area contributed by atoms with Gasteiger partial charge in [0, 0.05) is 17.6 Å². The monoisotopic (exact) mass is 376 g/mol. The molecule has 0 radical (unpaired) electrons. The molecule has 0 unspecified atom stereocenters. The highest BCUT2D eigenvalue weighted by molar-refractivity contribution is 6.04. The van der Waals surface area contributed by atoms with Gasteiger partial charge in [0.25, 0.3) is 0 Å². The number of pyridine rings is 1. The second kappa shape index (κ2) is 6.00. The van der Waals surface area contributed by atoms with E-state index in [1.54, 1.807) is 25.1 Å². The summed E-state index contributed by atoms with van der Waals surface area (Å²) >= 11 is 0. The van der Waals surface area contributed by atoms with Gasteiger partial charge in [-0.1, -0.05) is 6.07 Å². The minimum atomic E-state index is -4.49. The number of hydrogen-bond acceptors (Lipinski definition) is 4. The quantitative estimate of drug-likeness (QED) is 0.717. The number of furan rings is 1. The standard InChI is InChI=1S/C19H15F3N2O3/c1-10-17(18(25)26)13-8-12(3-4-15(13)27-10)24-7-6-11-2-5-16(19(20,21)22)23-14(11)9-24/h2-5,8H,6-7,9H2,1H3,(H,25,26). The van der Waals surface area contributed by atoms with E-state index < -0.39 is 17.8 Å². The van der Waals surface area contributed by atoms with Gasteiger partial charge in [0.1, 0.15) is 22.6 Å². The molecule has 27 heavy (non-hydrogen) atoms. The van der Waals surface area contributed by atoms with Gasteiger partial charge in [0.2, 0.25) is 0 Å². The van der Waals surface area contributed by atoms with Crippen molar-refractivity contribution in [2.75, 3.05) is 11.4 Å². The van der Waals surface area contributed by atoms with Crippen LogP contribution in [0.25, 0.3) is 11.0 Å². The number of alkyl halides is 3. The Morgan fingerprint density at radius 2 is 2.04 bits per heavy atom. The Morgan fingerprint density at radius 3 is 2.74 bits per heavy atom. The minimum Gasteiger partial charge on any atom is -0.478 e. The number of nitrogens with zero attached hydrogens (tertiary/aromatic N) is 2. The first-order valence-corrected chi connectivity index (χ1v) is 8.31. The summed E-state index contributed by atoms with van der Waals surface area (Å²) in [6.07, 6.45) is -3.92. The maximum atomic E-state index is 12.9. The van der Waals surface area contributed by atoms with Crippen LogP contribution in [0, 0.1) is 6.92 Å². The van der Waals surface area contributed by atoms with E-state index in [2.05, 4.69) is 4.98 Å². The van der Waals surface area contributed by atoms with Crippen molar-refractivity contribution in [1.29, 1.82) is 0 Å². The van der Waals surface area contributed by atoms with E-state index in [9.17, 15) is 23.1 Å². The van der Waals surface area contributed by atoms with Crippen molar-refractivity contribution in [2.45, 2.75) is 26.1 Å². The Bertz CT molecular complexity index is 1060. The number of carboxylic acid groups (broad SMARTS) is 1. The Hall–Kier alpha value is -3.03. The van der Waals surface area contributed by atoms with Gasteiger partial charge in [0.15, 0.2) is 0 Å². The van der Waals surface area contributed by atoms with Crippen molar-refractivity contribution in [3.8, 4) is 0 Å². The molecule has 2 aromatic heterocycles. The Morgan fingerprint density at radius 1 is 1.26 bits per heavy atom. The molecule has 0 bridgehead atoms. The minimum absolute atomic E-state index is 0.0988. The highest BCUT2D eigenvalue weighted by Crippen LogP contribution is 2.33. The predicted molar refractivity (Wildman–Crippen MR) is 91.9 cm³/mol. The van der Waals surface area contributed by atoms with Crippen molar-refractivity contribution in [2.24, 2.45) is 0 Å². The van der Waals surface area contributed by atoms with Gasteiger partial charge >= 0.3 is 12.1 Å². The third kappa shape index (κ3) is 3.01. The van der Waals surface area contributed by atoms with Crippen LogP contribution in [0.3, 0.4) is 0 Å². The van der Waals surface area contributed by atoms with Gasteiger partial charge in [-0.25, -0.2) is 9.78 Å². The third-order valence-electron chi connectivity index (χ3n) is 4.78. The molecule has 3 aromatic rings. The fourth-order valence-electron chi connectivity index (χ4n) is 3.46. The predicted octanol–water partition coefficient (Wildman–Crippen LogP) is 4.42. The first-order valence-electron chi connectivity index (χ1n) is 8.31. The molecule has 4 rings (SSSR count).